The predicted octanol–water partition coefficient (Wildman–Crippen LogP) is 2.03. The number of nitrogens with zero attached hydrogens (tertiary/aromatic N) is 2. The largest absolute Gasteiger partial charge is 0.497 e. The van der Waals surface area contributed by atoms with Gasteiger partial charge in [0.05, 0.1) is 7.11 Å². The number of benzene rings is 1. The van der Waals surface area contributed by atoms with Crippen molar-refractivity contribution in [2.75, 3.05) is 39.8 Å². The number of carboxylic acid groups (broad SMARTS) is 1. The third kappa shape index (κ3) is 6.74. The highest BCUT2D eigenvalue weighted by Gasteiger charge is 2.18. The molecule has 6 heteroatoms. The molecule has 0 unspecified atom stereocenters. The van der Waals surface area contributed by atoms with E-state index in [0.717, 1.165) is 56.9 Å². The van der Waals surface area contributed by atoms with Gasteiger partial charge >= 0.3 is 5.97 Å². The minimum Gasteiger partial charge on any atom is -0.497 e. The fourth-order valence-electron chi connectivity index (χ4n) is 3.10. The van der Waals surface area contributed by atoms with Crippen molar-refractivity contribution >= 4 is 11.9 Å². The summed E-state index contributed by atoms with van der Waals surface area (Å²) in [6, 6.07) is 7.83. The van der Waals surface area contributed by atoms with E-state index >= 15 is 0 Å². The molecule has 1 aromatic rings. The van der Waals surface area contributed by atoms with Gasteiger partial charge in [-0.2, -0.15) is 0 Å². The number of carbonyl (C=O) groups excluding carboxylic acids is 1. The molecule has 25 heavy (non-hydrogen) atoms. The van der Waals surface area contributed by atoms with E-state index < -0.39 is 5.97 Å². The number of methoxy groups -OCH3 is 1. The molecular weight excluding hydrogens is 320 g/mol. The number of hydrogen-bond acceptors (Lipinski definition) is 4. The number of ether oxygens (including phenoxy) is 1. The van der Waals surface area contributed by atoms with Crippen molar-refractivity contribution in [2.45, 2.75) is 32.1 Å². The van der Waals surface area contributed by atoms with Gasteiger partial charge in [-0.05, 0) is 50.0 Å². The molecule has 1 aliphatic rings. The molecule has 1 aliphatic heterocycles. The molecule has 138 valence electrons. The first-order valence-electron chi connectivity index (χ1n) is 8.93. The number of carbonyl (C=O) groups is 2. The van der Waals surface area contributed by atoms with Crippen molar-refractivity contribution < 1.29 is 19.4 Å². The highest BCUT2D eigenvalue weighted by Crippen LogP contribution is 2.14. The second-order valence-corrected chi connectivity index (χ2v) is 6.42. The smallest absolute Gasteiger partial charge is 0.303 e. The lowest BCUT2D eigenvalue weighted by atomic mass is 10.1. The van der Waals surface area contributed by atoms with E-state index in [1.165, 1.54) is 0 Å². The Balaban J connectivity index is 1.73. The summed E-state index contributed by atoms with van der Waals surface area (Å²) in [5.74, 6) is 0.277. The quantitative estimate of drug-likeness (QED) is 0.778. The summed E-state index contributed by atoms with van der Waals surface area (Å²) in [4.78, 5) is 27.3. The number of aliphatic carboxylic acids is 1. The fraction of sp³-hybridized carbons (Fsp3) is 0.579. The third-order valence-electron chi connectivity index (χ3n) is 4.59. The van der Waals surface area contributed by atoms with E-state index in [9.17, 15) is 9.59 Å². The van der Waals surface area contributed by atoms with Gasteiger partial charge in [-0.1, -0.05) is 12.1 Å². The molecule has 0 bridgehead atoms. The summed E-state index contributed by atoms with van der Waals surface area (Å²) in [7, 11) is 1.64. The van der Waals surface area contributed by atoms with Gasteiger partial charge in [-0.25, -0.2) is 0 Å². The molecule has 1 fully saturated rings. The Hall–Kier alpha value is -2.08. The molecule has 0 spiro atoms. The molecule has 0 radical (unpaired) electrons. The molecule has 0 saturated carbocycles. The van der Waals surface area contributed by atoms with Gasteiger partial charge in [-0.3, -0.25) is 9.59 Å². The van der Waals surface area contributed by atoms with E-state index in [1.54, 1.807) is 7.11 Å². The first-order valence-corrected chi connectivity index (χ1v) is 8.93. The molecule has 0 aromatic heterocycles. The van der Waals surface area contributed by atoms with Crippen LogP contribution in [0.5, 0.6) is 5.75 Å². The number of rotatable bonds is 8. The average Bonchev–Trinajstić information content (AvgIpc) is 2.85. The molecule has 6 nitrogen and oxygen atoms in total. The summed E-state index contributed by atoms with van der Waals surface area (Å²) >= 11 is 0. The van der Waals surface area contributed by atoms with E-state index in [-0.39, 0.29) is 12.3 Å². The van der Waals surface area contributed by atoms with E-state index in [4.69, 9.17) is 9.84 Å². The number of carboxylic acids is 1. The van der Waals surface area contributed by atoms with Crippen molar-refractivity contribution in [3.05, 3.63) is 29.8 Å². The Kier molecular flexibility index (Phi) is 7.73. The van der Waals surface area contributed by atoms with Crippen LogP contribution >= 0.6 is 0 Å². The standard InChI is InChI=1S/C19H28N2O4/c1-25-17-8-5-16(6-9-17)7-10-18(22)21-13-3-12-20(14-15-21)11-2-4-19(23)24/h5-6,8-9H,2-4,7,10-15H2,1H3,(H,23,24). The Morgan fingerprint density at radius 3 is 2.52 bits per heavy atom. The van der Waals surface area contributed by atoms with Crippen molar-refractivity contribution in [1.29, 1.82) is 0 Å². The number of hydrogen-bond donors (Lipinski definition) is 1. The lowest BCUT2D eigenvalue weighted by Gasteiger charge is -2.22. The second kappa shape index (κ2) is 10.0. The zero-order chi connectivity index (χ0) is 18.1. The zero-order valence-electron chi connectivity index (χ0n) is 14.9. The van der Waals surface area contributed by atoms with Crippen LogP contribution in [0.4, 0.5) is 0 Å². The topological polar surface area (TPSA) is 70.1 Å². The molecule has 0 atom stereocenters. The third-order valence-corrected chi connectivity index (χ3v) is 4.59. The lowest BCUT2D eigenvalue weighted by Crippen LogP contribution is -2.35. The molecule has 1 heterocycles. The second-order valence-electron chi connectivity index (χ2n) is 6.42. The van der Waals surface area contributed by atoms with Crippen LogP contribution in [0.15, 0.2) is 24.3 Å². The maximum Gasteiger partial charge on any atom is 0.303 e. The minimum atomic E-state index is -0.745. The van der Waals surface area contributed by atoms with Gasteiger partial charge in [0.25, 0.3) is 0 Å². The molecule has 2 rings (SSSR count). The molecule has 1 saturated heterocycles. The lowest BCUT2D eigenvalue weighted by molar-refractivity contribution is -0.137. The summed E-state index contributed by atoms with van der Waals surface area (Å²) in [6.45, 7) is 4.07. The van der Waals surface area contributed by atoms with Crippen LogP contribution in [-0.2, 0) is 16.0 Å². The van der Waals surface area contributed by atoms with Crippen LogP contribution in [0.25, 0.3) is 0 Å². The highest BCUT2D eigenvalue weighted by molar-refractivity contribution is 5.76. The minimum absolute atomic E-state index is 0.197. The Morgan fingerprint density at radius 1 is 1.08 bits per heavy atom. The Morgan fingerprint density at radius 2 is 1.84 bits per heavy atom. The van der Waals surface area contributed by atoms with Crippen LogP contribution in [-0.4, -0.2) is 66.6 Å². The number of aryl methyl sites for hydroxylation is 1. The van der Waals surface area contributed by atoms with E-state index in [2.05, 4.69) is 4.90 Å². The van der Waals surface area contributed by atoms with Gasteiger partial charge in [0.1, 0.15) is 5.75 Å². The average molecular weight is 348 g/mol. The molecule has 1 N–H and O–H groups in total. The highest BCUT2D eigenvalue weighted by atomic mass is 16.5. The van der Waals surface area contributed by atoms with Crippen molar-refractivity contribution in [3.63, 3.8) is 0 Å². The van der Waals surface area contributed by atoms with Crippen LogP contribution in [0.1, 0.15) is 31.2 Å². The fourth-order valence-corrected chi connectivity index (χ4v) is 3.10. The van der Waals surface area contributed by atoms with E-state index in [0.29, 0.717) is 12.8 Å². The maximum absolute atomic E-state index is 12.5. The molecule has 0 aliphatic carbocycles. The number of amides is 1. The molecule has 1 amide bonds. The van der Waals surface area contributed by atoms with Crippen LogP contribution in [0, 0.1) is 0 Å². The van der Waals surface area contributed by atoms with Crippen molar-refractivity contribution in [3.8, 4) is 5.75 Å². The van der Waals surface area contributed by atoms with E-state index in [1.807, 2.05) is 29.2 Å². The van der Waals surface area contributed by atoms with Crippen LogP contribution < -0.4 is 4.74 Å². The SMILES string of the molecule is COc1ccc(CCC(=O)N2CCCN(CCCC(=O)O)CC2)cc1. The molecule has 1 aromatic carbocycles. The summed E-state index contributed by atoms with van der Waals surface area (Å²) in [5, 5.41) is 8.72. The summed E-state index contributed by atoms with van der Waals surface area (Å²) < 4.78 is 5.14. The van der Waals surface area contributed by atoms with Crippen molar-refractivity contribution in [1.82, 2.24) is 9.80 Å². The van der Waals surface area contributed by atoms with Gasteiger partial charge in [-0.15, -0.1) is 0 Å². The van der Waals surface area contributed by atoms with Crippen molar-refractivity contribution in [2.24, 2.45) is 0 Å². The van der Waals surface area contributed by atoms with Gasteiger partial charge < -0.3 is 19.6 Å². The summed E-state index contributed by atoms with van der Waals surface area (Å²) in [5.41, 5.74) is 1.14. The zero-order valence-corrected chi connectivity index (χ0v) is 14.9. The molecular formula is C19H28N2O4. The Labute approximate surface area is 149 Å². The van der Waals surface area contributed by atoms with Gasteiger partial charge in [0, 0.05) is 32.5 Å². The van der Waals surface area contributed by atoms with Crippen LogP contribution in [0.3, 0.4) is 0 Å². The Bertz CT molecular complexity index is 559. The van der Waals surface area contributed by atoms with Gasteiger partial charge in [0.15, 0.2) is 0 Å². The normalized spacial score (nSPS) is 15.6. The van der Waals surface area contributed by atoms with Crippen LogP contribution in [0.2, 0.25) is 0 Å². The first-order chi connectivity index (χ1) is 12.1. The summed E-state index contributed by atoms with van der Waals surface area (Å²) in [6.07, 6.45) is 3.08. The van der Waals surface area contributed by atoms with Gasteiger partial charge in [0.2, 0.25) is 5.91 Å². The maximum atomic E-state index is 12.5. The predicted molar refractivity (Wildman–Crippen MR) is 95.8 cm³/mol. The first kappa shape index (κ1) is 19.2. The monoisotopic (exact) mass is 348 g/mol.